The highest BCUT2D eigenvalue weighted by molar-refractivity contribution is 6.00. The Hall–Kier alpha value is -3.88. The van der Waals surface area contributed by atoms with Crippen molar-refractivity contribution in [3.63, 3.8) is 0 Å². The van der Waals surface area contributed by atoms with Gasteiger partial charge in [-0.1, -0.05) is 30.3 Å². The first-order valence-electron chi connectivity index (χ1n) is 9.91. The maximum Gasteiger partial charge on any atom is 0.303 e. The number of carbonyl (C=O) groups is 3. The number of rotatable bonds is 7. The summed E-state index contributed by atoms with van der Waals surface area (Å²) in [4.78, 5) is 38.0. The molecule has 9 nitrogen and oxygen atoms in total. The maximum atomic E-state index is 12.7. The highest BCUT2D eigenvalue weighted by Crippen LogP contribution is 2.36. The van der Waals surface area contributed by atoms with Crippen molar-refractivity contribution in [2.24, 2.45) is 5.73 Å². The molecule has 0 saturated heterocycles. The first-order valence-corrected chi connectivity index (χ1v) is 9.91. The molecule has 9 heteroatoms. The van der Waals surface area contributed by atoms with E-state index in [9.17, 15) is 19.5 Å². The first kappa shape index (κ1) is 21.8. The Bertz CT molecular complexity index is 990. The number of amides is 2. The minimum Gasteiger partial charge on any atom is -0.481 e. The fraction of sp³-hybridized carbons (Fsp3) is 0.273. The predicted molar refractivity (Wildman–Crippen MR) is 117 cm³/mol. The van der Waals surface area contributed by atoms with Crippen LogP contribution in [-0.2, 0) is 20.9 Å². The van der Waals surface area contributed by atoms with Gasteiger partial charge in [-0.25, -0.2) is 0 Å². The largest absolute Gasteiger partial charge is 0.481 e. The normalized spacial score (nSPS) is 15.5. The summed E-state index contributed by atoms with van der Waals surface area (Å²) in [5.41, 5.74) is 8.18. The fourth-order valence-corrected chi connectivity index (χ4v) is 3.66. The van der Waals surface area contributed by atoms with Gasteiger partial charge in [0.1, 0.15) is 6.54 Å². The summed E-state index contributed by atoms with van der Waals surface area (Å²) in [6, 6.07) is 14.3. The summed E-state index contributed by atoms with van der Waals surface area (Å²) >= 11 is 0. The third-order valence-corrected chi connectivity index (χ3v) is 5.12. The molecule has 162 valence electrons. The molecule has 1 aliphatic rings. The van der Waals surface area contributed by atoms with Gasteiger partial charge in [-0.05, 0) is 41.7 Å². The van der Waals surface area contributed by atoms with E-state index in [1.807, 2.05) is 12.1 Å². The molecule has 0 aromatic heterocycles. The van der Waals surface area contributed by atoms with Crippen LogP contribution < -0.4 is 21.3 Å². The van der Waals surface area contributed by atoms with Gasteiger partial charge in [0.2, 0.25) is 11.8 Å². The molecule has 1 aliphatic heterocycles. The quantitative estimate of drug-likeness (QED) is 0.340. The number of carbonyl (C=O) groups excluding carboxylic acids is 2. The molecule has 2 aromatic rings. The molecule has 0 aliphatic carbocycles. The van der Waals surface area contributed by atoms with E-state index in [1.165, 1.54) is 4.90 Å². The van der Waals surface area contributed by atoms with E-state index in [0.29, 0.717) is 17.8 Å². The molecule has 0 fully saturated rings. The maximum absolute atomic E-state index is 12.7. The van der Waals surface area contributed by atoms with Gasteiger partial charge in [-0.15, -0.1) is 0 Å². The Morgan fingerprint density at radius 3 is 2.55 bits per heavy atom. The molecule has 2 aromatic carbocycles. The predicted octanol–water partition coefficient (Wildman–Crippen LogP) is 1.99. The highest BCUT2D eigenvalue weighted by Gasteiger charge is 2.30. The van der Waals surface area contributed by atoms with Crippen LogP contribution in [0.25, 0.3) is 0 Å². The number of hydrogen-bond acceptors (Lipinski definition) is 4. The number of carboxylic acids is 1. The van der Waals surface area contributed by atoms with Crippen LogP contribution in [0.2, 0.25) is 0 Å². The van der Waals surface area contributed by atoms with Crippen LogP contribution in [0, 0.1) is 5.41 Å². The van der Waals surface area contributed by atoms with E-state index >= 15 is 0 Å². The third kappa shape index (κ3) is 5.81. The monoisotopic (exact) mass is 423 g/mol. The molecule has 1 atom stereocenters. The molecule has 1 heterocycles. The second-order valence-electron chi connectivity index (χ2n) is 7.38. The topological polar surface area (TPSA) is 149 Å². The van der Waals surface area contributed by atoms with E-state index in [1.54, 1.807) is 36.4 Å². The number of nitrogens with one attached hydrogen (secondary N) is 3. The molecule has 1 unspecified atom stereocenters. The Morgan fingerprint density at radius 1 is 1.16 bits per heavy atom. The van der Waals surface area contributed by atoms with E-state index in [0.717, 1.165) is 11.1 Å². The number of aliphatic carboxylic acids is 1. The van der Waals surface area contributed by atoms with Gasteiger partial charge >= 0.3 is 5.97 Å². The number of nitrogens with two attached hydrogens (primary N) is 1. The number of fused-ring (bicyclic) bond motifs is 1. The zero-order chi connectivity index (χ0) is 22.4. The lowest BCUT2D eigenvalue weighted by molar-refractivity contribution is -0.137. The van der Waals surface area contributed by atoms with Crippen molar-refractivity contribution in [1.82, 2.24) is 5.32 Å². The van der Waals surface area contributed by atoms with Gasteiger partial charge in [0.05, 0.1) is 6.42 Å². The van der Waals surface area contributed by atoms with Gasteiger partial charge in [0.15, 0.2) is 5.96 Å². The van der Waals surface area contributed by atoms with Crippen LogP contribution in [0.1, 0.15) is 36.3 Å². The van der Waals surface area contributed by atoms with Crippen molar-refractivity contribution < 1.29 is 19.5 Å². The third-order valence-electron chi connectivity index (χ3n) is 5.12. The number of para-hydroxylation sites is 1. The number of nitrogens with zero attached hydrogens (tertiary/aromatic N) is 1. The summed E-state index contributed by atoms with van der Waals surface area (Å²) < 4.78 is 0. The van der Waals surface area contributed by atoms with Crippen molar-refractivity contribution >= 4 is 35.1 Å². The number of anilines is 2. The second kappa shape index (κ2) is 9.75. The van der Waals surface area contributed by atoms with Crippen LogP contribution in [0.3, 0.4) is 0 Å². The summed E-state index contributed by atoms with van der Waals surface area (Å²) in [7, 11) is 0. The molecule has 31 heavy (non-hydrogen) atoms. The van der Waals surface area contributed by atoms with Gasteiger partial charge < -0.3 is 26.4 Å². The average Bonchev–Trinajstić information content (AvgIpc) is 2.85. The van der Waals surface area contributed by atoms with Crippen molar-refractivity contribution in [1.29, 1.82) is 5.41 Å². The fourth-order valence-electron chi connectivity index (χ4n) is 3.66. The molecule has 0 bridgehead atoms. The Morgan fingerprint density at radius 2 is 1.87 bits per heavy atom. The SMILES string of the molecule is N=C(N)Nc1ccc(CNC(=O)CN2C(=O)CCC(CC(=O)O)c3ccccc32)cc1. The summed E-state index contributed by atoms with van der Waals surface area (Å²) in [6.45, 7) is 0.143. The minimum absolute atomic E-state index is 0.0567. The van der Waals surface area contributed by atoms with Gasteiger partial charge in [-0.2, -0.15) is 0 Å². The Balaban J connectivity index is 1.67. The van der Waals surface area contributed by atoms with Crippen LogP contribution in [0.15, 0.2) is 48.5 Å². The summed E-state index contributed by atoms with van der Waals surface area (Å²) in [6.07, 6.45) is 0.560. The van der Waals surface area contributed by atoms with Gasteiger partial charge in [0.25, 0.3) is 0 Å². The van der Waals surface area contributed by atoms with Crippen LogP contribution >= 0.6 is 0 Å². The van der Waals surface area contributed by atoms with Crippen molar-refractivity contribution in [2.45, 2.75) is 31.7 Å². The molecular weight excluding hydrogens is 398 g/mol. The van der Waals surface area contributed by atoms with Gasteiger partial charge in [-0.3, -0.25) is 19.8 Å². The van der Waals surface area contributed by atoms with Gasteiger partial charge in [0, 0.05) is 24.3 Å². The lowest BCUT2D eigenvalue weighted by Gasteiger charge is -2.23. The molecule has 2 amide bonds. The number of guanidine groups is 1. The van der Waals surface area contributed by atoms with Crippen molar-refractivity contribution in [3.8, 4) is 0 Å². The minimum atomic E-state index is -0.914. The highest BCUT2D eigenvalue weighted by atomic mass is 16.4. The average molecular weight is 423 g/mol. The van der Waals surface area contributed by atoms with E-state index < -0.39 is 5.97 Å². The zero-order valence-corrected chi connectivity index (χ0v) is 16.9. The van der Waals surface area contributed by atoms with E-state index in [-0.39, 0.29) is 49.6 Å². The number of carboxylic acid groups (broad SMARTS) is 1. The van der Waals surface area contributed by atoms with Crippen molar-refractivity contribution in [3.05, 3.63) is 59.7 Å². The summed E-state index contributed by atoms with van der Waals surface area (Å²) in [5, 5.41) is 21.9. The van der Waals surface area contributed by atoms with E-state index in [2.05, 4.69) is 10.6 Å². The first-order chi connectivity index (χ1) is 14.8. The van der Waals surface area contributed by atoms with E-state index in [4.69, 9.17) is 11.1 Å². The van der Waals surface area contributed by atoms with Crippen molar-refractivity contribution in [2.75, 3.05) is 16.8 Å². The molecule has 0 saturated carbocycles. The molecule has 0 spiro atoms. The van der Waals surface area contributed by atoms with Crippen LogP contribution in [-0.4, -0.2) is 35.4 Å². The number of hydrogen-bond donors (Lipinski definition) is 5. The Labute approximate surface area is 179 Å². The molecular formula is C22H25N5O4. The molecule has 6 N–H and O–H groups in total. The van der Waals surface area contributed by atoms with Crippen LogP contribution in [0.5, 0.6) is 0 Å². The summed E-state index contributed by atoms with van der Waals surface area (Å²) in [5.74, 6) is -1.86. The lowest BCUT2D eigenvalue weighted by atomic mass is 9.91. The zero-order valence-electron chi connectivity index (χ0n) is 16.9. The smallest absolute Gasteiger partial charge is 0.303 e. The second-order valence-corrected chi connectivity index (χ2v) is 7.38. The molecule has 3 rings (SSSR count). The molecule has 0 radical (unpaired) electrons. The standard InChI is InChI=1S/C22H25N5O4/c23-22(24)26-16-8-5-14(6-9-16)12-25-19(28)13-27-18-4-2-1-3-17(18)15(11-21(30)31)7-10-20(27)29/h1-6,8-9,15H,7,10-13H2,(H,25,28)(H,30,31)(H4,23,24,26). The van der Waals surface area contributed by atoms with Crippen LogP contribution in [0.4, 0.5) is 11.4 Å². The Kier molecular flexibility index (Phi) is 6.86. The lowest BCUT2D eigenvalue weighted by Crippen LogP contribution is -2.40. The number of benzene rings is 2.